The Morgan fingerprint density at radius 3 is 2.37 bits per heavy atom. The molecule has 0 aliphatic carbocycles. The second kappa shape index (κ2) is 9.73. The van der Waals surface area contributed by atoms with Crippen molar-refractivity contribution in [3.63, 3.8) is 0 Å². The number of aliphatic hydroxyl groups is 1. The molecule has 0 fully saturated rings. The minimum Gasteiger partial charge on any atom is -0.396 e. The number of hydrogen-bond acceptors (Lipinski definition) is 3. The average Bonchev–Trinajstić information content (AvgIpc) is 2.64. The van der Waals surface area contributed by atoms with Gasteiger partial charge in [-0.3, -0.25) is 4.79 Å². The lowest BCUT2D eigenvalue weighted by Crippen LogP contribution is -2.44. The normalized spacial score (nSPS) is 12.6. The first-order valence-corrected chi connectivity index (χ1v) is 8.70. The second-order valence-corrected chi connectivity index (χ2v) is 6.38. The SMILES string of the molecule is O=C(NCc1ccccc1C(F)(F)F)C(CCO)NCc1ccc(Cl)cc1. The Labute approximate surface area is 160 Å². The van der Waals surface area contributed by atoms with E-state index in [4.69, 9.17) is 16.7 Å². The predicted molar refractivity (Wildman–Crippen MR) is 97.1 cm³/mol. The third-order valence-corrected chi connectivity index (χ3v) is 4.23. The third kappa shape index (κ3) is 6.53. The van der Waals surface area contributed by atoms with Crippen LogP contribution in [0.1, 0.15) is 23.1 Å². The number of halogens is 4. The van der Waals surface area contributed by atoms with Crippen LogP contribution < -0.4 is 10.6 Å². The molecule has 1 amide bonds. The van der Waals surface area contributed by atoms with Gasteiger partial charge >= 0.3 is 6.18 Å². The van der Waals surface area contributed by atoms with Gasteiger partial charge in [0.05, 0.1) is 11.6 Å². The summed E-state index contributed by atoms with van der Waals surface area (Å²) in [5.74, 6) is -0.477. The second-order valence-electron chi connectivity index (χ2n) is 5.94. The first-order chi connectivity index (χ1) is 12.8. The van der Waals surface area contributed by atoms with Crippen LogP contribution in [0.2, 0.25) is 5.02 Å². The summed E-state index contributed by atoms with van der Waals surface area (Å²) in [4.78, 5) is 12.4. The highest BCUT2D eigenvalue weighted by molar-refractivity contribution is 6.30. The molecule has 0 saturated heterocycles. The Morgan fingerprint density at radius 1 is 1.07 bits per heavy atom. The van der Waals surface area contributed by atoms with Gasteiger partial charge in [0.25, 0.3) is 0 Å². The van der Waals surface area contributed by atoms with Crippen molar-refractivity contribution in [3.8, 4) is 0 Å². The fourth-order valence-electron chi connectivity index (χ4n) is 2.55. The Balaban J connectivity index is 1.98. The van der Waals surface area contributed by atoms with Crippen LogP contribution in [-0.4, -0.2) is 23.7 Å². The first kappa shape index (κ1) is 21.2. The van der Waals surface area contributed by atoms with Crippen molar-refractivity contribution in [2.75, 3.05) is 6.61 Å². The maximum Gasteiger partial charge on any atom is 0.416 e. The molecule has 1 atom stereocenters. The van der Waals surface area contributed by atoms with Gasteiger partial charge in [-0.25, -0.2) is 0 Å². The minimum absolute atomic E-state index is 0.0150. The summed E-state index contributed by atoms with van der Waals surface area (Å²) in [7, 11) is 0. The lowest BCUT2D eigenvalue weighted by atomic mass is 10.1. The van der Waals surface area contributed by atoms with Gasteiger partial charge in [-0.1, -0.05) is 41.9 Å². The number of carbonyl (C=O) groups excluding carboxylic acids is 1. The summed E-state index contributed by atoms with van der Waals surface area (Å²) in [5, 5.41) is 15.3. The van der Waals surface area contributed by atoms with Crippen molar-refractivity contribution < 1.29 is 23.1 Å². The van der Waals surface area contributed by atoms with Crippen molar-refractivity contribution in [2.45, 2.75) is 31.7 Å². The fraction of sp³-hybridized carbons (Fsp3) is 0.316. The van der Waals surface area contributed by atoms with E-state index in [-0.39, 0.29) is 25.1 Å². The predicted octanol–water partition coefficient (Wildman–Crippen LogP) is 3.52. The molecule has 27 heavy (non-hydrogen) atoms. The van der Waals surface area contributed by atoms with Crippen LogP contribution in [0.5, 0.6) is 0 Å². The molecular weight excluding hydrogens is 381 g/mol. The topological polar surface area (TPSA) is 61.4 Å². The van der Waals surface area contributed by atoms with E-state index >= 15 is 0 Å². The molecule has 0 aromatic heterocycles. The van der Waals surface area contributed by atoms with Gasteiger partial charge in [0.1, 0.15) is 0 Å². The molecule has 4 nitrogen and oxygen atoms in total. The average molecular weight is 401 g/mol. The number of amides is 1. The van der Waals surface area contributed by atoms with Crippen molar-refractivity contribution in [1.82, 2.24) is 10.6 Å². The first-order valence-electron chi connectivity index (χ1n) is 8.32. The fourth-order valence-corrected chi connectivity index (χ4v) is 2.68. The van der Waals surface area contributed by atoms with E-state index in [0.29, 0.717) is 11.6 Å². The Hall–Kier alpha value is -2.09. The van der Waals surface area contributed by atoms with E-state index < -0.39 is 23.7 Å². The summed E-state index contributed by atoms with van der Waals surface area (Å²) < 4.78 is 39.1. The molecular formula is C19H20ClF3N2O2. The summed E-state index contributed by atoms with van der Waals surface area (Å²) in [5.41, 5.74) is 0.0921. The number of hydrogen-bond donors (Lipinski definition) is 3. The molecule has 2 aromatic rings. The van der Waals surface area contributed by atoms with Crippen LogP contribution >= 0.6 is 11.6 Å². The number of alkyl halides is 3. The van der Waals surface area contributed by atoms with Gasteiger partial charge in [0, 0.05) is 24.7 Å². The van der Waals surface area contributed by atoms with E-state index in [1.165, 1.54) is 18.2 Å². The highest BCUT2D eigenvalue weighted by Gasteiger charge is 2.33. The highest BCUT2D eigenvalue weighted by Crippen LogP contribution is 2.31. The zero-order valence-corrected chi connectivity index (χ0v) is 15.1. The van der Waals surface area contributed by atoms with E-state index in [9.17, 15) is 18.0 Å². The maximum atomic E-state index is 13.0. The van der Waals surface area contributed by atoms with Crippen LogP contribution in [0.4, 0.5) is 13.2 Å². The molecule has 146 valence electrons. The molecule has 0 bridgehead atoms. The largest absolute Gasteiger partial charge is 0.416 e. The van der Waals surface area contributed by atoms with Gasteiger partial charge < -0.3 is 15.7 Å². The zero-order chi connectivity index (χ0) is 19.9. The smallest absolute Gasteiger partial charge is 0.396 e. The van der Waals surface area contributed by atoms with Gasteiger partial charge in [-0.2, -0.15) is 13.2 Å². The highest BCUT2D eigenvalue weighted by atomic mass is 35.5. The van der Waals surface area contributed by atoms with Crippen molar-refractivity contribution in [3.05, 3.63) is 70.2 Å². The van der Waals surface area contributed by atoms with Crippen LogP contribution in [0.25, 0.3) is 0 Å². The van der Waals surface area contributed by atoms with Gasteiger partial charge in [0.2, 0.25) is 5.91 Å². The molecule has 3 N–H and O–H groups in total. The summed E-state index contributed by atoms with van der Waals surface area (Å²) in [6.07, 6.45) is -4.35. The van der Waals surface area contributed by atoms with Gasteiger partial charge in [-0.15, -0.1) is 0 Å². The number of nitrogens with one attached hydrogen (secondary N) is 2. The zero-order valence-electron chi connectivity index (χ0n) is 14.4. The van der Waals surface area contributed by atoms with Crippen molar-refractivity contribution in [2.24, 2.45) is 0 Å². The van der Waals surface area contributed by atoms with Gasteiger partial charge in [-0.05, 0) is 35.7 Å². The Bertz CT molecular complexity index is 751. The molecule has 8 heteroatoms. The van der Waals surface area contributed by atoms with E-state index in [1.54, 1.807) is 24.3 Å². The molecule has 1 unspecified atom stereocenters. The maximum absolute atomic E-state index is 13.0. The molecule has 2 aromatic carbocycles. The quantitative estimate of drug-likeness (QED) is 0.635. The van der Waals surface area contributed by atoms with Crippen LogP contribution in [0, 0.1) is 0 Å². The Kier molecular flexibility index (Phi) is 7.65. The summed E-state index contributed by atoms with van der Waals surface area (Å²) in [6, 6.07) is 11.4. The van der Waals surface area contributed by atoms with Crippen molar-refractivity contribution in [1.29, 1.82) is 0 Å². The molecule has 0 spiro atoms. The van der Waals surface area contributed by atoms with E-state index in [2.05, 4.69) is 10.6 Å². The molecule has 0 heterocycles. The van der Waals surface area contributed by atoms with Crippen LogP contribution in [0.15, 0.2) is 48.5 Å². The number of benzene rings is 2. The molecule has 0 radical (unpaired) electrons. The monoisotopic (exact) mass is 400 g/mol. The molecule has 0 aliphatic rings. The lowest BCUT2D eigenvalue weighted by Gasteiger charge is -2.19. The lowest BCUT2D eigenvalue weighted by molar-refractivity contribution is -0.138. The third-order valence-electron chi connectivity index (χ3n) is 3.98. The molecule has 0 saturated carbocycles. The number of aliphatic hydroxyl groups excluding tert-OH is 1. The molecule has 2 rings (SSSR count). The van der Waals surface area contributed by atoms with E-state index in [1.807, 2.05) is 0 Å². The minimum atomic E-state index is -4.49. The Morgan fingerprint density at radius 2 is 1.74 bits per heavy atom. The number of carbonyl (C=O) groups is 1. The summed E-state index contributed by atoms with van der Waals surface area (Å²) >= 11 is 5.82. The molecule has 0 aliphatic heterocycles. The number of rotatable bonds is 8. The van der Waals surface area contributed by atoms with Gasteiger partial charge in [0.15, 0.2) is 0 Å². The van der Waals surface area contributed by atoms with E-state index in [0.717, 1.165) is 11.6 Å². The standard InChI is InChI=1S/C19H20ClF3N2O2/c20-15-7-5-13(6-8-15)11-24-17(9-10-26)18(27)25-12-14-3-1-2-4-16(14)19(21,22)23/h1-8,17,24,26H,9-12H2,(H,25,27). The summed E-state index contributed by atoms with van der Waals surface area (Å²) in [6.45, 7) is -0.127. The van der Waals surface area contributed by atoms with Crippen LogP contribution in [-0.2, 0) is 24.1 Å². The van der Waals surface area contributed by atoms with Crippen LogP contribution in [0.3, 0.4) is 0 Å². The van der Waals surface area contributed by atoms with Crippen molar-refractivity contribution >= 4 is 17.5 Å².